The first-order valence-electron chi connectivity index (χ1n) is 7.04. The second kappa shape index (κ2) is 5.70. The summed E-state index contributed by atoms with van der Waals surface area (Å²) in [7, 11) is 0. The minimum absolute atomic E-state index is 0.0764. The number of aromatic nitrogens is 3. The highest BCUT2D eigenvalue weighted by Gasteiger charge is 2.14. The lowest BCUT2D eigenvalue weighted by atomic mass is 10.0. The first-order chi connectivity index (χ1) is 10.9. The van der Waals surface area contributed by atoms with E-state index in [1.807, 2.05) is 13.0 Å². The summed E-state index contributed by atoms with van der Waals surface area (Å²) < 4.78 is 2.02. The molecular weight excluding hydrogens is 358 g/mol. The van der Waals surface area contributed by atoms with Gasteiger partial charge in [0.05, 0.1) is 5.52 Å². The van der Waals surface area contributed by atoms with Gasteiger partial charge < -0.3 is 0 Å². The van der Waals surface area contributed by atoms with Crippen molar-refractivity contribution in [2.45, 2.75) is 20.8 Å². The third-order valence-electron chi connectivity index (χ3n) is 3.78. The van der Waals surface area contributed by atoms with Crippen LogP contribution in [0.3, 0.4) is 0 Å². The standard InChI is InChI=1S/C17H14BrN3O2/c1-9-4-14(11(3)22)15-5-13(10(2)16(23)21(15)8-9)12-6-19-17(18)20-7-12/h4-8H,1-3H3. The van der Waals surface area contributed by atoms with Crippen molar-refractivity contribution in [1.29, 1.82) is 0 Å². The highest BCUT2D eigenvalue weighted by Crippen LogP contribution is 2.24. The molecule has 0 aromatic carbocycles. The minimum atomic E-state index is -0.147. The van der Waals surface area contributed by atoms with Gasteiger partial charge in [0.25, 0.3) is 5.56 Å². The zero-order valence-electron chi connectivity index (χ0n) is 12.9. The molecule has 3 heterocycles. The lowest BCUT2D eigenvalue weighted by Crippen LogP contribution is -2.19. The number of fused-ring (bicyclic) bond motifs is 1. The molecule has 6 heteroatoms. The van der Waals surface area contributed by atoms with E-state index < -0.39 is 0 Å². The van der Waals surface area contributed by atoms with Gasteiger partial charge in [-0.05, 0) is 60.0 Å². The minimum Gasteiger partial charge on any atom is -0.294 e. The third-order valence-corrected chi connectivity index (χ3v) is 4.19. The maximum Gasteiger partial charge on any atom is 0.258 e. The normalized spacial score (nSPS) is 11.0. The van der Waals surface area contributed by atoms with Gasteiger partial charge in [-0.2, -0.15) is 0 Å². The van der Waals surface area contributed by atoms with Crippen LogP contribution in [-0.4, -0.2) is 20.2 Å². The van der Waals surface area contributed by atoms with Gasteiger partial charge in [0.1, 0.15) is 0 Å². The molecule has 0 aliphatic rings. The maximum atomic E-state index is 12.7. The first kappa shape index (κ1) is 15.6. The first-order valence-corrected chi connectivity index (χ1v) is 7.83. The van der Waals surface area contributed by atoms with Crippen molar-refractivity contribution in [2.75, 3.05) is 0 Å². The SMILES string of the molecule is CC(=O)c1cc(C)cn2c(=O)c(C)c(-c3cnc(Br)nc3)cc12. The Bertz CT molecular complexity index is 991. The molecule has 3 aromatic heterocycles. The topological polar surface area (TPSA) is 64.3 Å². The molecule has 3 aromatic rings. The van der Waals surface area contributed by atoms with E-state index in [9.17, 15) is 9.59 Å². The fourth-order valence-corrected chi connectivity index (χ4v) is 2.84. The molecule has 5 nitrogen and oxygen atoms in total. The molecule has 0 amide bonds. The van der Waals surface area contributed by atoms with Crippen molar-refractivity contribution in [3.8, 4) is 11.1 Å². The second-order valence-corrected chi connectivity index (χ2v) is 6.18. The Balaban J connectivity index is 2.41. The van der Waals surface area contributed by atoms with Crippen LogP contribution >= 0.6 is 15.9 Å². The molecule has 0 radical (unpaired) electrons. The van der Waals surface area contributed by atoms with E-state index in [2.05, 4.69) is 25.9 Å². The number of carbonyl (C=O) groups is 1. The number of halogens is 1. The number of Topliss-reactive ketones (excluding diaryl/α,β-unsaturated/α-hetero) is 1. The van der Waals surface area contributed by atoms with E-state index in [1.165, 1.54) is 11.3 Å². The summed E-state index contributed by atoms with van der Waals surface area (Å²) in [6.07, 6.45) is 5.05. The fraction of sp³-hybridized carbons (Fsp3) is 0.176. The van der Waals surface area contributed by atoms with E-state index in [4.69, 9.17) is 0 Å². The third kappa shape index (κ3) is 2.70. The average molecular weight is 372 g/mol. The second-order valence-electron chi connectivity index (χ2n) is 5.47. The zero-order valence-corrected chi connectivity index (χ0v) is 14.5. The predicted octanol–water partition coefficient (Wildman–Crippen LogP) is 3.34. The molecule has 0 aliphatic carbocycles. The van der Waals surface area contributed by atoms with E-state index in [0.29, 0.717) is 21.4 Å². The van der Waals surface area contributed by atoms with Crippen molar-refractivity contribution in [3.05, 3.63) is 62.5 Å². The summed E-state index contributed by atoms with van der Waals surface area (Å²) in [6, 6.07) is 3.65. The van der Waals surface area contributed by atoms with Gasteiger partial charge in [-0.3, -0.25) is 14.0 Å². The van der Waals surface area contributed by atoms with Crippen molar-refractivity contribution >= 4 is 27.2 Å². The van der Waals surface area contributed by atoms with Crippen LogP contribution in [0.15, 0.2) is 40.3 Å². The number of aryl methyl sites for hydroxylation is 1. The summed E-state index contributed by atoms with van der Waals surface area (Å²) in [5.41, 5.74) is 3.90. The lowest BCUT2D eigenvalue weighted by Gasteiger charge is -2.12. The van der Waals surface area contributed by atoms with Crippen LogP contribution < -0.4 is 5.56 Å². The summed E-state index contributed by atoms with van der Waals surface area (Å²) >= 11 is 3.20. The molecule has 0 atom stereocenters. The van der Waals surface area contributed by atoms with E-state index in [0.717, 1.165) is 16.7 Å². The summed E-state index contributed by atoms with van der Waals surface area (Å²) in [6.45, 7) is 5.13. The van der Waals surface area contributed by atoms with Gasteiger partial charge in [0, 0.05) is 35.3 Å². The number of pyridine rings is 2. The van der Waals surface area contributed by atoms with Crippen LogP contribution in [0.1, 0.15) is 28.4 Å². The molecule has 0 fully saturated rings. The van der Waals surface area contributed by atoms with Crippen LogP contribution in [0, 0.1) is 13.8 Å². The summed E-state index contributed by atoms with van der Waals surface area (Å²) in [4.78, 5) is 32.9. The summed E-state index contributed by atoms with van der Waals surface area (Å²) in [5.74, 6) is -0.0764. The molecule has 0 saturated heterocycles. The molecule has 0 N–H and O–H groups in total. The molecule has 23 heavy (non-hydrogen) atoms. The Kier molecular flexibility index (Phi) is 3.85. The molecule has 0 unspecified atom stereocenters. The Labute approximate surface area is 141 Å². The molecule has 0 spiro atoms. The molecule has 0 aliphatic heterocycles. The van der Waals surface area contributed by atoms with Crippen LogP contribution in [-0.2, 0) is 0 Å². The zero-order chi connectivity index (χ0) is 16.7. The number of hydrogen-bond acceptors (Lipinski definition) is 4. The van der Waals surface area contributed by atoms with Crippen LogP contribution in [0.25, 0.3) is 16.6 Å². The van der Waals surface area contributed by atoms with Crippen LogP contribution in [0.5, 0.6) is 0 Å². The van der Waals surface area contributed by atoms with Crippen LogP contribution in [0.2, 0.25) is 0 Å². The molecule has 116 valence electrons. The number of carbonyl (C=O) groups excluding carboxylic acids is 1. The van der Waals surface area contributed by atoms with Gasteiger partial charge in [0.2, 0.25) is 0 Å². The van der Waals surface area contributed by atoms with Crippen molar-refractivity contribution in [2.24, 2.45) is 0 Å². The van der Waals surface area contributed by atoms with Gasteiger partial charge in [-0.15, -0.1) is 0 Å². The number of nitrogens with zero attached hydrogens (tertiary/aromatic N) is 3. The fourth-order valence-electron chi connectivity index (χ4n) is 2.63. The quantitative estimate of drug-likeness (QED) is 0.511. The van der Waals surface area contributed by atoms with Gasteiger partial charge >= 0.3 is 0 Å². The Hall–Kier alpha value is -2.34. The van der Waals surface area contributed by atoms with Gasteiger partial charge in [0.15, 0.2) is 10.5 Å². The monoisotopic (exact) mass is 371 g/mol. The Morgan fingerprint density at radius 3 is 2.43 bits per heavy atom. The molecule has 3 rings (SSSR count). The van der Waals surface area contributed by atoms with Gasteiger partial charge in [-0.25, -0.2) is 9.97 Å². The van der Waals surface area contributed by atoms with E-state index in [-0.39, 0.29) is 11.3 Å². The maximum absolute atomic E-state index is 12.7. The van der Waals surface area contributed by atoms with Crippen molar-refractivity contribution < 1.29 is 4.79 Å². The van der Waals surface area contributed by atoms with Crippen molar-refractivity contribution in [3.63, 3.8) is 0 Å². The molecular formula is C17H14BrN3O2. The molecule has 0 bridgehead atoms. The Morgan fingerprint density at radius 2 is 1.83 bits per heavy atom. The largest absolute Gasteiger partial charge is 0.294 e. The van der Waals surface area contributed by atoms with Crippen molar-refractivity contribution in [1.82, 2.24) is 14.4 Å². The number of hydrogen-bond donors (Lipinski definition) is 0. The lowest BCUT2D eigenvalue weighted by molar-refractivity contribution is 0.101. The van der Waals surface area contributed by atoms with Crippen LogP contribution in [0.4, 0.5) is 0 Å². The van der Waals surface area contributed by atoms with Gasteiger partial charge in [-0.1, -0.05) is 0 Å². The molecule has 0 saturated carbocycles. The number of ketones is 1. The van der Waals surface area contributed by atoms with E-state index >= 15 is 0 Å². The smallest absolute Gasteiger partial charge is 0.258 e. The highest BCUT2D eigenvalue weighted by atomic mass is 79.9. The highest BCUT2D eigenvalue weighted by molar-refractivity contribution is 9.10. The van der Waals surface area contributed by atoms with E-state index in [1.54, 1.807) is 31.6 Å². The average Bonchev–Trinajstić information content (AvgIpc) is 2.51. The predicted molar refractivity (Wildman–Crippen MR) is 91.9 cm³/mol. The summed E-state index contributed by atoms with van der Waals surface area (Å²) in [5, 5.41) is 0. The Morgan fingerprint density at radius 1 is 1.17 bits per heavy atom. The number of rotatable bonds is 2.